The highest BCUT2D eigenvalue weighted by atomic mass is 127. The van der Waals surface area contributed by atoms with E-state index in [-0.39, 0.29) is 0 Å². The van der Waals surface area contributed by atoms with Crippen molar-refractivity contribution < 1.29 is 0 Å². The zero-order valence-electron chi connectivity index (χ0n) is 57.7. The van der Waals surface area contributed by atoms with Crippen LogP contribution < -0.4 is 0 Å². The van der Waals surface area contributed by atoms with E-state index in [4.69, 9.17) is 6.58 Å². The Balaban J connectivity index is 0.849. The van der Waals surface area contributed by atoms with Gasteiger partial charge in [-0.3, -0.25) is 0 Å². The van der Waals surface area contributed by atoms with Crippen molar-refractivity contribution in [1.82, 2.24) is 0 Å². The molecular weight excluding hydrogens is 1270 g/mol. The van der Waals surface area contributed by atoms with E-state index in [0.29, 0.717) is 0 Å². The lowest BCUT2D eigenvalue weighted by molar-refractivity contribution is -0.395. The molecule has 22 aliphatic carbocycles. The number of alkyl halides is 2. The Morgan fingerprint density at radius 1 is 0.333 bits per heavy atom. The molecule has 0 bridgehead atoms. The predicted molar refractivity (Wildman–Crippen MR) is 370 cm³/mol. The number of hydrogen-bond acceptors (Lipinski definition) is 0. The van der Waals surface area contributed by atoms with Gasteiger partial charge in [0.1, 0.15) is 0 Å². The van der Waals surface area contributed by atoms with Crippen LogP contribution in [0.25, 0.3) is 0 Å². The van der Waals surface area contributed by atoms with Crippen molar-refractivity contribution in [2.75, 3.05) is 0 Å². The van der Waals surface area contributed by atoms with Gasteiger partial charge < -0.3 is 0 Å². The molecule has 0 amide bonds. The van der Waals surface area contributed by atoms with Crippen molar-refractivity contribution >= 4 is 45.2 Å². The lowest BCUT2D eigenvalue weighted by Crippen LogP contribution is -2.84. The quantitative estimate of drug-likeness (QED) is 0.129. The zero-order chi connectivity index (χ0) is 59.3. The van der Waals surface area contributed by atoms with Crippen molar-refractivity contribution in [2.24, 2.45) is 349 Å². The molecule has 0 radical (unpaired) electrons. The first-order valence-electron chi connectivity index (χ1n) is 40.7. The van der Waals surface area contributed by atoms with E-state index in [9.17, 15) is 0 Å². The van der Waals surface area contributed by atoms with Crippen molar-refractivity contribution in [3.8, 4) is 0 Å². The van der Waals surface area contributed by atoms with Crippen LogP contribution in [0, 0.1) is 349 Å². The number of rotatable bonds is 8. The average Bonchev–Trinajstić information content (AvgIpc) is 1.54. The average molecular weight is 1400 g/mol. The standard InChI is InChI=1S/C85H124I2/c1-19-21-38-27(9)22-40-37(20-2)44-34(16)50-58-43(28(10)24(3)4)33(15)49-46-30(12)31(13)47-60(46)72(64(49)58)77-65(50)71-59(44)68-54(40)53(38)61-48-32(14)39-23-41(39)55-69-57-42(26(7)8)56(57)62-45(29(11)25(5)6)51-35(17)84(86)83-52-36(18)85(87)82(47)81(77)67(52)76(71)79-78(68)73(61)75(66(51)80(79)83)74(62)63(48)70(55)69/h24-25,27-85H,7,19-23H2,1-6,8-18H3/t27?,28?,29?,30?,31?,32?,33?,34-,35?,36?,37?,38?,39?,40?,41?,42?,43?,44?,45?,46?,47-,48?,49?,50?,51?,52?,53?,54?,55?,56?,57?,58?,59?,60+,61+,62?,63?,64?,65?,66?,67?,68?,69?,70?,71?,72?,73-,74+,75-,76?,77?,78?,79?,80?,81?,82-,83?,84?,85?/m0/s1. The second-order valence-corrected chi connectivity index (χ2v) is 45.0. The van der Waals surface area contributed by atoms with Gasteiger partial charge in [-0.2, -0.15) is 0 Å². The van der Waals surface area contributed by atoms with E-state index in [1.807, 2.05) is 0 Å². The molecule has 87 heavy (non-hydrogen) atoms. The Kier molecular flexibility index (Phi) is 11.3. The topological polar surface area (TPSA) is 0 Å². The molecule has 0 heterocycles. The summed E-state index contributed by atoms with van der Waals surface area (Å²) in [5.41, 5.74) is 1.66. The van der Waals surface area contributed by atoms with Gasteiger partial charge in [-0.15, -0.1) is 0 Å². The monoisotopic (exact) mass is 1400 g/mol. The second-order valence-electron chi connectivity index (χ2n) is 42.1. The van der Waals surface area contributed by atoms with Crippen molar-refractivity contribution in [2.45, 2.75) is 158 Å². The molecule has 478 valence electrons. The Labute approximate surface area is 559 Å². The molecule has 22 fully saturated rings. The predicted octanol–water partition coefficient (Wildman–Crippen LogP) is 20.1. The Morgan fingerprint density at radius 3 is 1.25 bits per heavy atom. The summed E-state index contributed by atoms with van der Waals surface area (Å²) in [6.07, 6.45) is 7.84. The Morgan fingerprint density at radius 2 is 0.701 bits per heavy atom. The molecule has 2 heteroatoms. The highest BCUT2D eigenvalue weighted by molar-refractivity contribution is 14.1. The van der Waals surface area contributed by atoms with Gasteiger partial charge in [0, 0.05) is 7.85 Å². The molecule has 0 aliphatic heterocycles. The summed E-state index contributed by atoms with van der Waals surface area (Å²) < 4.78 is 1.75. The number of allylic oxidation sites excluding steroid dienone is 1. The summed E-state index contributed by atoms with van der Waals surface area (Å²) >= 11 is 6.85. The zero-order valence-corrected chi connectivity index (χ0v) is 62.0. The summed E-state index contributed by atoms with van der Waals surface area (Å²) in [6.45, 7) is 54.4. The third kappa shape index (κ3) is 5.74. The van der Waals surface area contributed by atoms with E-state index in [1.54, 1.807) is 24.8 Å². The van der Waals surface area contributed by atoms with Gasteiger partial charge in [-0.1, -0.05) is 187 Å². The van der Waals surface area contributed by atoms with E-state index >= 15 is 0 Å². The smallest absolute Gasteiger partial charge is 0.0172 e. The van der Waals surface area contributed by atoms with Crippen LogP contribution in [0.2, 0.25) is 0 Å². The van der Waals surface area contributed by atoms with Crippen LogP contribution in [0.3, 0.4) is 0 Å². The van der Waals surface area contributed by atoms with Crippen LogP contribution in [-0.2, 0) is 0 Å². The van der Waals surface area contributed by atoms with Gasteiger partial charge in [-0.05, 0) is 369 Å². The first-order valence-corrected chi connectivity index (χ1v) is 43.2. The van der Waals surface area contributed by atoms with Gasteiger partial charge in [0.25, 0.3) is 0 Å². The van der Waals surface area contributed by atoms with Crippen LogP contribution in [0.5, 0.6) is 0 Å². The molecular formula is C85H124I2. The van der Waals surface area contributed by atoms with Crippen molar-refractivity contribution in [1.29, 1.82) is 0 Å². The van der Waals surface area contributed by atoms with Gasteiger partial charge in [0.15, 0.2) is 0 Å². The molecule has 0 N–H and O–H groups in total. The first kappa shape index (κ1) is 56.2. The Bertz CT molecular complexity index is 2950. The maximum atomic E-state index is 5.13. The second kappa shape index (κ2) is 17.5. The molecule has 0 nitrogen and oxygen atoms in total. The van der Waals surface area contributed by atoms with Crippen molar-refractivity contribution in [3.05, 3.63) is 12.2 Å². The third-order valence-corrected chi connectivity index (χ3v) is 46.1. The maximum Gasteiger partial charge on any atom is 0.0172 e. The fourth-order valence-electron chi connectivity index (χ4n) is 41.9. The fourth-order valence-corrected chi connectivity index (χ4v) is 44.8. The molecule has 0 spiro atoms. The molecule has 0 aromatic heterocycles. The molecule has 22 aliphatic rings. The maximum absolute atomic E-state index is 5.13. The summed E-state index contributed by atoms with van der Waals surface area (Å²) in [5.74, 6) is 59.3. The van der Waals surface area contributed by atoms with Crippen LogP contribution in [-0.4, -0.2) is 7.85 Å². The SMILES string of the molecule is C=C(C)C1C2C3C4C5CC5C(C)C5C(C43)[C@H]3C(C(C(C)C(C)C)C4C(C)C(I)C6C7C(C)C(I)[C@@H]8C9C7C7C%10C%11C%12C%13C(CC(C)C(CCC)C%13[C@@H]5[C@@H]5C%12C7C6C4[C@H]35)C(CC)C%11[C@H](C)C3C4C(C(C)C(C)C)C(C)C5C4C(C9C%103)[C@@H]3C5C(C)C(C)[C@@H]38)C12. The van der Waals surface area contributed by atoms with E-state index in [1.165, 1.54) is 12.8 Å². The van der Waals surface area contributed by atoms with Crippen LogP contribution in [0.4, 0.5) is 0 Å². The lowest BCUT2D eigenvalue weighted by Gasteiger charge is -2.87. The van der Waals surface area contributed by atoms with E-state index in [0.717, 1.165) is 357 Å². The normalized spacial score (nSPS) is 74.5. The van der Waals surface area contributed by atoms with Crippen LogP contribution in [0.1, 0.15) is 150 Å². The minimum absolute atomic E-state index is 0.787. The molecule has 22 saturated carbocycles. The van der Waals surface area contributed by atoms with Crippen LogP contribution in [0.15, 0.2) is 12.2 Å². The summed E-state index contributed by atoms with van der Waals surface area (Å²) in [4.78, 5) is 0. The Hall–Kier alpha value is 1.20. The molecule has 0 aromatic rings. The summed E-state index contributed by atoms with van der Waals surface area (Å²) in [6, 6.07) is 0. The van der Waals surface area contributed by atoms with Gasteiger partial charge in [0.2, 0.25) is 0 Å². The molecule has 0 saturated heterocycles. The number of hydrogen-bond donors (Lipinski definition) is 0. The van der Waals surface area contributed by atoms with Crippen LogP contribution >= 0.6 is 45.2 Å². The van der Waals surface area contributed by atoms with Crippen molar-refractivity contribution in [3.63, 3.8) is 0 Å². The third-order valence-electron chi connectivity index (χ3n) is 42.1. The largest absolute Gasteiger partial charge is 0.0998 e. The fraction of sp³-hybridized carbons (Fsp3) is 0.976. The molecule has 22 rings (SSSR count). The number of halogens is 2. The lowest BCUT2D eigenvalue weighted by atomic mass is 9.18. The van der Waals surface area contributed by atoms with Gasteiger partial charge in [-0.25, -0.2) is 0 Å². The minimum atomic E-state index is 0.787. The molecule has 0 aromatic carbocycles. The highest BCUT2D eigenvalue weighted by Crippen LogP contribution is 2.94. The van der Waals surface area contributed by atoms with Gasteiger partial charge in [0.05, 0.1) is 0 Å². The minimum Gasteiger partial charge on any atom is -0.0998 e. The summed E-state index contributed by atoms with van der Waals surface area (Å²) in [5, 5.41) is 0. The molecule has 59 atom stereocenters. The first-order chi connectivity index (χ1) is 41.8. The summed E-state index contributed by atoms with van der Waals surface area (Å²) in [7, 11) is 0. The number of fused-ring (bicyclic) bond motifs is 12. The van der Waals surface area contributed by atoms with E-state index < -0.39 is 0 Å². The highest BCUT2D eigenvalue weighted by Gasteiger charge is 2.91. The van der Waals surface area contributed by atoms with E-state index in [2.05, 4.69) is 163 Å². The molecule has 51 unspecified atom stereocenters. The van der Waals surface area contributed by atoms with Gasteiger partial charge >= 0.3 is 0 Å².